The standard InChI is InChI=1S/C25H23F3N2O4S/c1-24(2,23(32)33)34-19-8-5-17-13-30(10-9-16(17)11-19)22(31)12-21-29-20(14-35-21)15-3-6-18(7-4-15)25(26,27)28/h3-8,11,14H,9-10,12-13H2,1-2H3,(H,32,33). The summed E-state index contributed by atoms with van der Waals surface area (Å²) in [6, 6.07) is 10.1. The van der Waals surface area contributed by atoms with Crippen molar-refractivity contribution in [2.75, 3.05) is 6.54 Å². The van der Waals surface area contributed by atoms with Crippen LogP contribution in [-0.4, -0.2) is 39.0 Å². The monoisotopic (exact) mass is 504 g/mol. The number of fused-ring (bicyclic) bond motifs is 1. The highest BCUT2D eigenvalue weighted by Crippen LogP contribution is 2.32. The number of nitrogens with zero attached hydrogens (tertiary/aromatic N) is 2. The van der Waals surface area contributed by atoms with Crippen LogP contribution in [-0.2, 0) is 35.2 Å². The Balaban J connectivity index is 1.39. The van der Waals surface area contributed by atoms with Crippen molar-refractivity contribution in [1.82, 2.24) is 9.88 Å². The van der Waals surface area contributed by atoms with E-state index in [0.29, 0.717) is 41.5 Å². The van der Waals surface area contributed by atoms with Gasteiger partial charge in [-0.2, -0.15) is 13.2 Å². The fourth-order valence-electron chi connectivity index (χ4n) is 3.74. The molecule has 10 heteroatoms. The van der Waals surface area contributed by atoms with Gasteiger partial charge in [-0.1, -0.05) is 18.2 Å². The number of thiazole rings is 1. The fraction of sp³-hybridized carbons (Fsp3) is 0.320. The second-order valence-corrected chi connectivity index (χ2v) is 9.73. The summed E-state index contributed by atoms with van der Waals surface area (Å²) in [6.45, 7) is 3.90. The second-order valence-electron chi connectivity index (χ2n) is 8.79. The summed E-state index contributed by atoms with van der Waals surface area (Å²) in [6.07, 6.45) is -3.68. The number of carbonyl (C=O) groups excluding carboxylic acids is 1. The molecular formula is C25H23F3N2O4S. The van der Waals surface area contributed by atoms with Crippen molar-refractivity contribution >= 4 is 23.2 Å². The highest BCUT2D eigenvalue weighted by molar-refractivity contribution is 7.10. The smallest absolute Gasteiger partial charge is 0.416 e. The molecule has 1 aliphatic heterocycles. The van der Waals surface area contributed by atoms with Gasteiger partial charge in [-0.3, -0.25) is 4.79 Å². The van der Waals surface area contributed by atoms with Crippen LogP contribution in [0.25, 0.3) is 11.3 Å². The summed E-state index contributed by atoms with van der Waals surface area (Å²) in [4.78, 5) is 30.4. The number of benzene rings is 2. The molecule has 0 saturated heterocycles. The molecule has 1 aliphatic rings. The first-order valence-electron chi connectivity index (χ1n) is 10.9. The molecule has 1 aromatic heterocycles. The Kier molecular flexibility index (Phi) is 6.59. The highest BCUT2D eigenvalue weighted by atomic mass is 32.1. The number of carboxylic acid groups (broad SMARTS) is 1. The Hall–Kier alpha value is -3.40. The maximum atomic E-state index is 12.9. The van der Waals surface area contributed by atoms with Crippen LogP contribution in [0.15, 0.2) is 47.8 Å². The molecule has 0 radical (unpaired) electrons. The Morgan fingerprint density at radius 1 is 1.11 bits per heavy atom. The molecule has 0 spiro atoms. The van der Waals surface area contributed by atoms with Crippen LogP contribution < -0.4 is 4.74 Å². The van der Waals surface area contributed by atoms with E-state index in [1.807, 2.05) is 12.1 Å². The first-order chi connectivity index (χ1) is 16.4. The van der Waals surface area contributed by atoms with E-state index in [1.165, 1.54) is 37.3 Å². The maximum Gasteiger partial charge on any atom is 0.416 e. The lowest BCUT2D eigenvalue weighted by Crippen LogP contribution is -2.38. The third-order valence-corrected chi connectivity index (χ3v) is 6.64. The number of carboxylic acids is 1. The first kappa shape index (κ1) is 24.7. The molecule has 35 heavy (non-hydrogen) atoms. The molecule has 0 bridgehead atoms. The lowest BCUT2D eigenvalue weighted by atomic mass is 9.99. The second kappa shape index (κ2) is 9.33. The molecule has 184 valence electrons. The number of aliphatic carboxylic acids is 1. The highest BCUT2D eigenvalue weighted by Gasteiger charge is 2.31. The summed E-state index contributed by atoms with van der Waals surface area (Å²) >= 11 is 1.30. The van der Waals surface area contributed by atoms with Crippen LogP contribution in [0, 0.1) is 0 Å². The van der Waals surface area contributed by atoms with Crippen molar-refractivity contribution in [1.29, 1.82) is 0 Å². The van der Waals surface area contributed by atoms with E-state index >= 15 is 0 Å². The molecular weight excluding hydrogens is 481 g/mol. The van der Waals surface area contributed by atoms with Gasteiger partial charge >= 0.3 is 12.1 Å². The number of hydrogen-bond acceptors (Lipinski definition) is 5. The Bertz CT molecular complexity index is 1250. The topological polar surface area (TPSA) is 79.7 Å². The maximum absolute atomic E-state index is 12.9. The van der Waals surface area contributed by atoms with Gasteiger partial charge in [-0.25, -0.2) is 9.78 Å². The molecule has 4 rings (SSSR count). The van der Waals surface area contributed by atoms with Crippen molar-refractivity contribution in [3.8, 4) is 17.0 Å². The van der Waals surface area contributed by atoms with E-state index in [0.717, 1.165) is 23.3 Å². The largest absolute Gasteiger partial charge is 0.478 e. The Labute approximate surface area is 204 Å². The van der Waals surface area contributed by atoms with Gasteiger partial charge in [0.25, 0.3) is 0 Å². The third kappa shape index (κ3) is 5.64. The molecule has 6 nitrogen and oxygen atoms in total. The molecule has 1 N–H and O–H groups in total. The number of rotatable bonds is 6. The Morgan fingerprint density at radius 2 is 1.83 bits per heavy atom. The van der Waals surface area contributed by atoms with Crippen LogP contribution in [0.2, 0.25) is 0 Å². The van der Waals surface area contributed by atoms with Gasteiger partial charge in [-0.15, -0.1) is 11.3 Å². The SMILES string of the molecule is CC(C)(Oc1ccc2c(c1)CCN(C(=O)Cc1nc(-c3ccc(C(F)(F)F)cc3)cs1)C2)C(=O)O. The summed E-state index contributed by atoms with van der Waals surface area (Å²) in [5, 5.41) is 11.6. The Morgan fingerprint density at radius 3 is 2.49 bits per heavy atom. The van der Waals surface area contributed by atoms with Crippen LogP contribution in [0.1, 0.15) is 35.5 Å². The lowest BCUT2D eigenvalue weighted by molar-refractivity contribution is -0.152. The quantitative estimate of drug-likeness (QED) is 0.499. The molecule has 0 unspecified atom stereocenters. The number of aromatic nitrogens is 1. The van der Waals surface area contributed by atoms with Gasteiger partial charge in [0.1, 0.15) is 10.8 Å². The number of alkyl halides is 3. The summed E-state index contributed by atoms with van der Waals surface area (Å²) in [5.41, 5.74) is 0.997. The van der Waals surface area contributed by atoms with Gasteiger partial charge in [0, 0.05) is 24.0 Å². The van der Waals surface area contributed by atoms with Gasteiger partial charge in [0.15, 0.2) is 5.60 Å². The zero-order chi connectivity index (χ0) is 25.4. The minimum atomic E-state index is -4.39. The number of hydrogen-bond donors (Lipinski definition) is 1. The number of amides is 1. The van der Waals surface area contributed by atoms with Crippen LogP contribution in [0.4, 0.5) is 13.2 Å². The summed E-state index contributed by atoms with van der Waals surface area (Å²) in [5.74, 6) is -0.679. The average Bonchev–Trinajstić information content (AvgIpc) is 3.26. The molecule has 2 aromatic carbocycles. The van der Waals surface area contributed by atoms with Crippen LogP contribution in [0.5, 0.6) is 5.75 Å². The number of carbonyl (C=O) groups is 2. The van der Waals surface area contributed by atoms with Gasteiger partial charge in [0.2, 0.25) is 5.91 Å². The van der Waals surface area contributed by atoms with Crippen molar-refractivity contribution in [3.63, 3.8) is 0 Å². The third-order valence-electron chi connectivity index (χ3n) is 5.79. The van der Waals surface area contributed by atoms with Crippen molar-refractivity contribution in [2.24, 2.45) is 0 Å². The molecule has 2 heterocycles. The van der Waals surface area contributed by atoms with Crippen molar-refractivity contribution in [3.05, 3.63) is 69.5 Å². The molecule has 0 atom stereocenters. The van der Waals surface area contributed by atoms with Gasteiger partial charge in [-0.05, 0) is 55.7 Å². The predicted octanol–water partition coefficient (Wildman–Crippen LogP) is 5.20. The minimum absolute atomic E-state index is 0.0868. The van der Waals surface area contributed by atoms with E-state index < -0.39 is 23.3 Å². The van der Waals surface area contributed by atoms with Gasteiger partial charge in [0.05, 0.1) is 17.7 Å². The zero-order valence-corrected chi connectivity index (χ0v) is 19.9. The summed E-state index contributed by atoms with van der Waals surface area (Å²) < 4.78 is 43.9. The van der Waals surface area contributed by atoms with Crippen LogP contribution in [0.3, 0.4) is 0 Å². The first-order valence-corrected chi connectivity index (χ1v) is 11.7. The lowest BCUT2D eigenvalue weighted by Gasteiger charge is -2.30. The van der Waals surface area contributed by atoms with E-state index in [9.17, 15) is 27.9 Å². The van der Waals surface area contributed by atoms with E-state index in [1.54, 1.807) is 16.3 Å². The molecule has 3 aromatic rings. The molecule has 1 amide bonds. The molecule has 0 aliphatic carbocycles. The van der Waals surface area contributed by atoms with E-state index in [4.69, 9.17) is 4.74 Å². The van der Waals surface area contributed by atoms with Crippen molar-refractivity contribution in [2.45, 2.75) is 45.0 Å². The van der Waals surface area contributed by atoms with Crippen LogP contribution >= 0.6 is 11.3 Å². The average molecular weight is 505 g/mol. The fourth-order valence-corrected chi connectivity index (χ4v) is 4.53. The van der Waals surface area contributed by atoms with E-state index in [-0.39, 0.29) is 12.3 Å². The zero-order valence-electron chi connectivity index (χ0n) is 19.1. The molecule has 0 saturated carbocycles. The summed E-state index contributed by atoms with van der Waals surface area (Å²) in [7, 11) is 0. The van der Waals surface area contributed by atoms with E-state index in [2.05, 4.69) is 4.98 Å². The number of ether oxygens (including phenoxy) is 1. The normalized spacial score (nSPS) is 13.9. The van der Waals surface area contributed by atoms with Gasteiger partial charge < -0.3 is 14.7 Å². The predicted molar refractivity (Wildman–Crippen MR) is 124 cm³/mol. The van der Waals surface area contributed by atoms with Crippen molar-refractivity contribution < 1.29 is 32.6 Å². The number of halogens is 3. The minimum Gasteiger partial charge on any atom is -0.478 e. The molecule has 0 fully saturated rings.